The van der Waals surface area contributed by atoms with Crippen LogP contribution in [0.25, 0.3) is 0 Å². The van der Waals surface area contributed by atoms with Crippen molar-refractivity contribution in [3.8, 4) is 11.6 Å². The van der Waals surface area contributed by atoms with Crippen molar-refractivity contribution in [2.45, 2.75) is 33.7 Å². The molecule has 2 rings (SSSR count). The van der Waals surface area contributed by atoms with Gasteiger partial charge in [0.25, 0.3) is 0 Å². The molecule has 2 aromatic rings. The quantitative estimate of drug-likeness (QED) is 0.812. The van der Waals surface area contributed by atoms with Crippen LogP contribution in [0.1, 0.15) is 30.2 Å². The van der Waals surface area contributed by atoms with E-state index >= 15 is 0 Å². The second-order valence-corrected chi connectivity index (χ2v) is 5.08. The van der Waals surface area contributed by atoms with Crippen molar-refractivity contribution in [3.63, 3.8) is 0 Å². The average Bonchev–Trinajstić information content (AvgIpc) is 2.45. The standard InChI is InChI=1S/C17H21FN2O/c1-4-9-19-11-14-6-8-17(20-13(14)3)21-16-10-15(18)7-5-12(16)2/h5-8,10,19H,4,9,11H2,1-3H3. The maximum atomic E-state index is 13.3. The summed E-state index contributed by atoms with van der Waals surface area (Å²) in [5, 5.41) is 3.35. The van der Waals surface area contributed by atoms with E-state index in [1.807, 2.05) is 26.0 Å². The number of aromatic nitrogens is 1. The van der Waals surface area contributed by atoms with Gasteiger partial charge < -0.3 is 10.1 Å². The van der Waals surface area contributed by atoms with Crippen molar-refractivity contribution >= 4 is 0 Å². The predicted molar refractivity (Wildman–Crippen MR) is 82.2 cm³/mol. The van der Waals surface area contributed by atoms with Gasteiger partial charge >= 0.3 is 0 Å². The van der Waals surface area contributed by atoms with E-state index in [2.05, 4.69) is 17.2 Å². The summed E-state index contributed by atoms with van der Waals surface area (Å²) >= 11 is 0. The molecule has 0 spiro atoms. The lowest BCUT2D eigenvalue weighted by molar-refractivity contribution is 0.452. The van der Waals surface area contributed by atoms with E-state index < -0.39 is 0 Å². The van der Waals surface area contributed by atoms with Crippen LogP contribution in [0.2, 0.25) is 0 Å². The predicted octanol–water partition coefficient (Wildman–Crippen LogP) is 4.13. The fourth-order valence-electron chi connectivity index (χ4n) is 2.01. The third-order valence-corrected chi connectivity index (χ3v) is 3.28. The van der Waals surface area contributed by atoms with Crippen molar-refractivity contribution < 1.29 is 9.13 Å². The molecule has 1 aromatic carbocycles. The molecule has 0 aliphatic heterocycles. The van der Waals surface area contributed by atoms with Gasteiger partial charge in [0.05, 0.1) is 0 Å². The van der Waals surface area contributed by atoms with Crippen molar-refractivity contribution in [1.82, 2.24) is 10.3 Å². The maximum Gasteiger partial charge on any atom is 0.219 e. The fraction of sp³-hybridized carbons (Fsp3) is 0.353. The van der Waals surface area contributed by atoms with Gasteiger partial charge in [-0.3, -0.25) is 0 Å². The third-order valence-electron chi connectivity index (χ3n) is 3.28. The van der Waals surface area contributed by atoms with E-state index in [4.69, 9.17) is 4.74 Å². The normalized spacial score (nSPS) is 10.7. The molecule has 0 aliphatic rings. The van der Waals surface area contributed by atoms with Crippen molar-refractivity contribution in [2.24, 2.45) is 0 Å². The van der Waals surface area contributed by atoms with E-state index in [-0.39, 0.29) is 5.82 Å². The van der Waals surface area contributed by atoms with Gasteiger partial charge in [0, 0.05) is 24.4 Å². The van der Waals surface area contributed by atoms with Crippen LogP contribution in [0.3, 0.4) is 0 Å². The molecule has 0 unspecified atom stereocenters. The summed E-state index contributed by atoms with van der Waals surface area (Å²) in [5.41, 5.74) is 2.95. The molecular formula is C17H21FN2O. The summed E-state index contributed by atoms with van der Waals surface area (Å²) in [4.78, 5) is 4.43. The number of nitrogens with zero attached hydrogens (tertiary/aromatic N) is 1. The van der Waals surface area contributed by atoms with Crippen molar-refractivity contribution in [1.29, 1.82) is 0 Å². The molecule has 0 saturated carbocycles. The molecule has 3 nitrogen and oxygen atoms in total. The van der Waals surface area contributed by atoms with Crippen LogP contribution >= 0.6 is 0 Å². The van der Waals surface area contributed by atoms with Gasteiger partial charge in [0.1, 0.15) is 11.6 Å². The number of ether oxygens (including phenoxy) is 1. The monoisotopic (exact) mass is 288 g/mol. The van der Waals surface area contributed by atoms with E-state index in [0.717, 1.165) is 36.3 Å². The van der Waals surface area contributed by atoms with Gasteiger partial charge in [-0.25, -0.2) is 9.37 Å². The summed E-state index contributed by atoms with van der Waals surface area (Å²) in [7, 11) is 0. The van der Waals surface area contributed by atoms with Crippen LogP contribution in [0, 0.1) is 19.7 Å². The number of aryl methyl sites for hydroxylation is 2. The molecule has 112 valence electrons. The first-order valence-corrected chi connectivity index (χ1v) is 7.21. The van der Waals surface area contributed by atoms with Gasteiger partial charge in [-0.2, -0.15) is 0 Å². The Morgan fingerprint density at radius 1 is 1.19 bits per heavy atom. The number of halogens is 1. The minimum absolute atomic E-state index is 0.312. The van der Waals surface area contributed by atoms with Crippen LogP contribution in [-0.2, 0) is 6.54 Å². The molecule has 0 atom stereocenters. The minimum Gasteiger partial charge on any atom is -0.439 e. The molecule has 0 radical (unpaired) electrons. The first-order valence-electron chi connectivity index (χ1n) is 7.21. The van der Waals surface area contributed by atoms with Crippen molar-refractivity contribution in [2.75, 3.05) is 6.54 Å². The number of hydrogen-bond donors (Lipinski definition) is 1. The van der Waals surface area contributed by atoms with Gasteiger partial charge in [-0.15, -0.1) is 0 Å². The second kappa shape index (κ2) is 7.18. The highest BCUT2D eigenvalue weighted by atomic mass is 19.1. The molecule has 0 bridgehead atoms. The van der Waals surface area contributed by atoms with Crippen LogP contribution in [0.5, 0.6) is 11.6 Å². The Morgan fingerprint density at radius 3 is 2.71 bits per heavy atom. The molecule has 0 fully saturated rings. The Morgan fingerprint density at radius 2 is 2.00 bits per heavy atom. The van der Waals surface area contributed by atoms with E-state index in [9.17, 15) is 4.39 Å². The largest absolute Gasteiger partial charge is 0.439 e. The van der Waals surface area contributed by atoms with Crippen LogP contribution < -0.4 is 10.1 Å². The molecule has 0 saturated heterocycles. The molecule has 4 heteroatoms. The van der Waals surface area contributed by atoms with Crippen LogP contribution in [0.4, 0.5) is 4.39 Å². The smallest absolute Gasteiger partial charge is 0.219 e. The molecule has 1 aromatic heterocycles. The zero-order valence-corrected chi connectivity index (χ0v) is 12.7. The highest BCUT2D eigenvalue weighted by Crippen LogP contribution is 2.25. The molecule has 1 heterocycles. The Hall–Kier alpha value is -1.94. The van der Waals surface area contributed by atoms with E-state index in [1.54, 1.807) is 6.07 Å². The Bertz CT molecular complexity index is 614. The first-order chi connectivity index (χ1) is 10.1. The van der Waals surface area contributed by atoms with Crippen molar-refractivity contribution in [3.05, 3.63) is 53.0 Å². The van der Waals surface area contributed by atoms with Gasteiger partial charge in [-0.1, -0.05) is 19.1 Å². The zero-order chi connectivity index (χ0) is 15.2. The Kier molecular flexibility index (Phi) is 5.28. The van der Waals surface area contributed by atoms with E-state index in [0.29, 0.717) is 11.6 Å². The summed E-state index contributed by atoms with van der Waals surface area (Å²) < 4.78 is 18.9. The lowest BCUT2D eigenvalue weighted by Gasteiger charge is -2.11. The maximum absolute atomic E-state index is 13.3. The molecule has 21 heavy (non-hydrogen) atoms. The SMILES string of the molecule is CCCNCc1ccc(Oc2cc(F)ccc2C)nc1C. The highest BCUT2D eigenvalue weighted by Gasteiger charge is 2.06. The first kappa shape index (κ1) is 15.4. The van der Waals surface area contributed by atoms with Gasteiger partial charge in [0.15, 0.2) is 0 Å². The molecule has 1 N–H and O–H groups in total. The lowest BCUT2D eigenvalue weighted by Crippen LogP contribution is -2.15. The second-order valence-electron chi connectivity index (χ2n) is 5.08. The third kappa shape index (κ3) is 4.26. The fourth-order valence-corrected chi connectivity index (χ4v) is 2.01. The topological polar surface area (TPSA) is 34.1 Å². The summed E-state index contributed by atoms with van der Waals surface area (Å²) in [6, 6.07) is 8.31. The van der Waals surface area contributed by atoms with Crippen LogP contribution in [-0.4, -0.2) is 11.5 Å². The number of nitrogens with one attached hydrogen (secondary N) is 1. The minimum atomic E-state index is -0.312. The highest BCUT2D eigenvalue weighted by molar-refractivity contribution is 5.36. The lowest BCUT2D eigenvalue weighted by atomic mass is 10.2. The van der Waals surface area contributed by atoms with Crippen LogP contribution in [0.15, 0.2) is 30.3 Å². The summed E-state index contributed by atoms with van der Waals surface area (Å²) in [5.74, 6) is 0.673. The van der Waals surface area contributed by atoms with E-state index in [1.165, 1.54) is 12.1 Å². The Labute approximate surface area is 125 Å². The molecule has 0 amide bonds. The van der Waals surface area contributed by atoms with Gasteiger partial charge in [0.2, 0.25) is 5.88 Å². The Balaban J connectivity index is 2.11. The number of hydrogen-bond acceptors (Lipinski definition) is 3. The zero-order valence-electron chi connectivity index (χ0n) is 12.7. The number of rotatable bonds is 6. The summed E-state index contributed by atoms with van der Waals surface area (Å²) in [6.07, 6.45) is 1.10. The molecule has 0 aliphatic carbocycles. The van der Waals surface area contributed by atoms with Gasteiger partial charge in [-0.05, 0) is 44.0 Å². The number of benzene rings is 1. The molecular weight excluding hydrogens is 267 g/mol. The number of pyridine rings is 1. The summed E-state index contributed by atoms with van der Waals surface area (Å²) in [6.45, 7) is 7.75. The average molecular weight is 288 g/mol.